The van der Waals surface area contributed by atoms with Crippen molar-refractivity contribution in [3.05, 3.63) is 116 Å². The van der Waals surface area contributed by atoms with Gasteiger partial charge in [0.05, 0.1) is 6.20 Å². The van der Waals surface area contributed by atoms with Crippen molar-refractivity contribution in [2.24, 2.45) is 7.05 Å². The van der Waals surface area contributed by atoms with Crippen molar-refractivity contribution in [3.63, 3.8) is 0 Å². The van der Waals surface area contributed by atoms with Crippen molar-refractivity contribution >= 4 is 100 Å². The molecule has 0 fully saturated rings. The van der Waals surface area contributed by atoms with Gasteiger partial charge in [0.25, 0.3) is 5.78 Å². The minimum atomic E-state index is -4.75. The number of halogens is 14. The third-order valence-electron chi connectivity index (χ3n) is 5.75. The average molecular weight is 1060 g/mol. The Hall–Kier alpha value is -2.75. The lowest BCUT2D eigenvalue weighted by molar-refractivity contribution is -0.168. The second kappa shape index (κ2) is 20.6. The molecule has 0 aliphatic rings. The van der Waals surface area contributed by atoms with Crippen molar-refractivity contribution in [2.75, 3.05) is 0 Å². The summed E-state index contributed by atoms with van der Waals surface area (Å²) in [5.41, 5.74) is 0.242. The highest BCUT2D eigenvalue weighted by atomic mass is 79.9. The fourth-order valence-electron chi connectivity index (χ4n) is 3.35. The van der Waals surface area contributed by atoms with Gasteiger partial charge < -0.3 is 18.0 Å². The van der Waals surface area contributed by atoms with E-state index in [0.717, 1.165) is 32.1 Å². The van der Waals surface area contributed by atoms with Gasteiger partial charge in [0.15, 0.2) is 5.69 Å². The van der Waals surface area contributed by atoms with Crippen LogP contribution in [-0.2, 0) is 24.2 Å². The molecule has 0 unspecified atom stereocenters. The minimum Gasteiger partial charge on any atom is -1.00 e. The molecular formula is C31H20BBr5F9N4O2-. The number of alkyl halides is 11. The molecule has 0 aliphatic carbocycles. The molecule has 0 saturated carbocycles. The number of carbonyl (C=O) groups is 2. The topological polar surface area (TPSA) is 80.6 Å². The standard InChI is InChI=1S/C11H8BrF3N2.C10H6BrF3N2.C7H5BrO.C3HBr2F3O.B/c1-17-6-9(11(13,14)15)16-10(17)7-2-4-8(12)5-3-7;11-7-3-1-6(2-4-7)9-15-5-8(16-9)10(12,13)14;8-7-3-1-6(5-9)2-4-7;4-2(5)1(9)3(6,7)8;/h2-6H,1H3;1-5H,(H,15,16);1-5H;2H;/q;;;;-1. The molecule has 0 aliphatic heterocycles. The number of benzene rings is 3. The lowest BCUT2D eigenvalue weighted by atomic mass is 10.2. The van der Waals surface area contributed by atoms with Gasteiger partial charge in [-0.2, -0.15) is 39.5 Å². The predicted molar refractivity (Wildman–Crippen MR) is 196 cm³/mol. The highest BCUT2D eigenvalue weighted by molar-refractivity contribution is 9.25. The smallest absolute Gasteiger partial charge is 0.452 e. The van der Waals surface area contributed by atoms with E-state index in [-0.39, 0.29) is 14.2 Å². The monoisotopic (exact) mass is 1060 g/mol. The highest BCUT2D eigenvalue weighted by Gasteiger charge is 2.41. The van der Waals surface area contributed by atoms with Gasteiger partial charge in [-0.15, -0.1) is 0 Å². The normalized spacial score (nSPS) is 11.2. The number of Topliss-reactive ketones (excluding diaryl/α,β-unsaturated/α-hetero) is 1. The molecule has 0 saturated heterocycles. The number of aromatic amines is 1. The zero-order valence-electron chi connectivity index (χ0n) is 25.8. The number of H-pyrrole nitrogens is 1. The minimum absolute atomic E-state index is 0. The van der Waals surface area contributed by atoms with Gasteiger partial charge in [0.1, 0.15) is 27.4 Å². The van der Waals surface area contributed by atoms with E-state index in [0.29, 0.717) is 22.5 Å². The van der Waals surface area contributed by atoms with E-state index in [9.17, 15) is 49.1 Å². The van der Waals surface area contributed by atoms with Gasteiger partial charge in [0, 0.05) is 43.4 Å². The van der Waals surface area contributed by atoms with E-state index in [1.165, 1.54) is 4.57 Å². The first-order valence-electron chi connectivity index (χ1n) is 13.4. The zero-order chi connectivity index (χ0) is 38.7. The van der Waals surface area contributed by atoms with Crippen molar-refractivity contribution in [1.29, 1.82) is 0 Å². The maximum atomic E-state index is 12.5. The van der Waals surface area contributed by atoms with Crippen LogP contribution in [0, 0.1) is 0 Å². The SMILES string of the molecule is Cn1cc(C(F)(F)F)nc1-c1ccc(Br)cc1.FC(F)(F)c1cnc(-c2ccc(Br)cc2)[nH]1.O=C(C(Br)Br)C(F)(F)F.O=Cc1ccc(Br)cc1.[B-]. The second-order valence-electron chi connectivity index (χ2n) is 9.55. The van der Waals surface area contributed by atoms with Gasteiger partial charge in [-0.3, -0.25) is 9.59 Å². The maximum absolute atomic E-state index is 12.5. The Labute approximate surface area is 334 Å². The van der Waals surface area contributed by atoms with Crippen LogP contribution in [0.1, 0.15) is 21.7 Å². The van der Waals surface area contributed by atoms with Crippen LogP contribution >= 0.6 is 79.6 Å². The number of ketones is 1. The molecule has 0 bridgehead atoms. The van der Waals surface area contributed by atoms with Gasteiger partial charge >= 0.3 is 18.5 Å². The molecule has 1 N–H and O–H groups in total. The van der Waals surface area contributed by atoms with Crippen LogP contribution in [0.25, 0.3) is 22.8 Å². The Kier molecular flexibility index (Phi) is 18.8. The van der Waals surface area contributed by atoms with E-state index >= 15 is 0 Å². The van der Waals surface area contributed by atoms with E-state index in [1.807, 2.05) is 12.1 Å². The Morgan fingerprint density at radius 3 is 1.52 bits per heavy atom. The number of nitrogens with zero attached hydrogens (tertiary/aromatic N) is 3. The summed E-state index contributed by atoms with van der Waals surface area (Å²) in [4.78, 5) is 29.6. The summed E-state index contributed by atoms with van der Waals surface area (Å²) in [7, 11) is 1.54. The van der Waals surface area contributed by atoms with E-state index in [2.05, 4.69) is 94.6 Å². The van der Waals surface area contributed by atoms with Crippen LogP contribution in [0.3, 0.4) is 0 Å². The summed E-state index contributed by atoms with van der Waals surface area (Å²) in [5.74, 6) is -1.33. The number of aromatic nitrogens is 4. The number of hydrogen-bond acceptors (Lipinski definition) is 4. The van der Waals surface area contributed by atoms with Gasteiger partial charge in [0.2, 0.25) is 0 Å². The number of nitrogens with one attached hydrogen (secondary N) is 1. The molecule has 6 nitrogen and oxygen atoms in total. The molecule has 4 radical (unpaired) electrons. The molecule has 278 valence electrons. The molecule has 21 heteroatoms. The third kappa shape index (κ3) is 15.7. The lowest BCUT2D eigenvalue weighted by Crippen LogP contribution is -2.27. The van der Waals surface area contributed by atoms with Crippen LogP contribution in [0.2, 0.25) is 0 Å². The zero-order valence-corrected chi connectivity index (χ0v) is 33.7. The van der Waals surface area contributed by atoms with E-state index < -0.39 is 39.4 Å². The number of aryl methyl sites for hydroxylation is 1. The molecular weight excluding hydrogens is 1040 g/mol. The lowest BCUT2D eigenvalue weighted by Gasteiger charge is -2.03. The van der Waals surface area contributed by atoms with Crippen LogP contribution in [0.4, 0.5) is 39.5 Å². The third-order valence-corrected chi connectivity index (χ3v) is 8.17. The summed E-state index contributed by atoms with van der Waals surface area (Å²) < 4.78 is 111. The number of hydrogen-bond donors (Lipinski definition) is 1. The molecule has 2 heterocycles. The van der Waals surface area contributed by atoms with Crippen LogP contribution in [0.5, 0.6) is 0 Å². The fourth-order valence-corrected chi connectivity index (χ4v) is 4.67. The Morgan fingerprint density at radius 1 is 0.750 bits per heavy atom. The Morgan fingerprint density at radius 2 is 1.19 bits per heavy atom. The summed E-state index contributed by atoms with van der Waals surface area (Å²) in [5, 5.41) is 0. The number of carbonyl (C=O) groups excluding carboxylic acids is 2. The summed E-state index contributed by atoms with van der Waals surface area (Å²) in [6.07, 6.45) is -11.0. The Bertz CT molecular complexity index is 1860. The van der Waals surface area contributed by atoms with E-state index in [1.54, 1.807) is 67.7 Å². The molecule has 52 heavy (non-hydrogen) atoms. The highest BCUT2D eigenvalue weighted by Crippen LogP contribution is 2.31. The molecule has 0 atom stereocenters. The number of imidazole rings is 2. The molecule has 5 rings (SSSR count). The van der Waals surface area contributed by atoms with Crippen LogP contribution in [-0.4, -0.2) is 49.9 Å². The number of aldehydes is 1. The summed E-state index contributed by atoms with van der Waals surface area (Å²) in [6, 6.07) is 21.0. The van der Waals surface area contributed by atoms with Crippen molar-refractivity contribution < 1.29 is 49.1 Å². The Balaban J connectivity index is 0.000000359. The van der Waals surface area contributed by atoms with Gasteiger partial charge in [-0.05, 0) is 36.4 Å². The number of rotatable bonds is 4. The molecule has 5 aromatic rings. The molecule has 2 aromatic heterocycles. The maximum Gasteiger partial charge on any atom is 0.452 e. The van der Waals surface area contributed by atoms with Crippen molar-refractivity contribution in [2.45, 2.75) is 22.3 Å². The first-order valence-corrected chi connectivity index (χ1v) is 17.6. The van der Waals surface area contributed by atoms with Crippen molar-refractivity contribution in [3.8, 4) is 22.8 Å². The van der Waals surface area contributed by atoms with Crippen molar-refractivity contribution in [1.82, 2.24) is 19.5 Å². The molecule has 0 amide bonds. The summed E-state index contributed by atoms with van der Waals surface area (Å²) >= 11 is 14.6. The largest absolute Gasteiger partial charge is 1.00 e. The molecule has 3 aromatic carbocycles. The van der Waals surface area contributed by atoms with Gasteiger partial charge in [-0.1, -0.05) is 116 Å². The van der Waals surface area contributed by atoms with Crippen LogP contribution in [0.15, 0.2) is 98.6 Å². The molecule has 0 spiro atoms. The second-order valence-corrected chi connectivity index (χ2v) is 15.4. The quantitative estimate of drug-likeness (QED) is 0.0842. The first kappa shape index (κ1) is 47.3. The predicted octanol–water partition coefficient (Wildman–Crippen LogP) is 11.8. The fraction of sp³-hybridized carbons (Fsp3) is 0.161. The van der Waals surface area contributed by atoms with E-state index in [4.69, 9.17) is 0 Å². The summed E-state index contributed by atoms with van der Waals surface area (Å²) in [6.45, 7) is 0. The van der Waals surface area contributed by atoms with Gasteiger partial charge in [-0.25, -0.2) is 9.97 Å². The first-order chi connectivity index (χ1) is 23.5. The average Bonchev–Trinajstić information content (AvgIpc) is 3.70. The van der Waals surface area contributed by atoms with Crippen LogP contribution < -0.4 is 0 Å².